The van der Waals surface area contributed by atoms with E-state index in [9.17, 15) is 9.59 Å². The Kier molecular flexibility index (Phi) is 7.62. The van der Waals surface area contributed by atoms with Crippen LogP contribution in [0.25, 0.3) is 23.1 Å². The van der Waals surface area contributed by atoms with Crippen LogP contribution in [0.15, 0.2) is 66.1 Å². The van der Waals surface area contributed by atoms with Gasteiger partial charge in [-0.15, -0.1) is 0 Å². The molecule has 0 amide bonds. The smallest absolute Gasteiger partial charge is 0.334 e. The SMILES string of the molecule is CC(C)[C@]12O[C@H]1[C@@H]1O[C@]13[C@]1(O[C@H]1C[C@H]1C4=C(CC[C@@]13C)C(=O)OC4)[C@@H]2OC(=O)CCCCC[n+]1ccc(/C=C/c2c[nH]c3ccccc23)cc1.[Br-]. The van der Waals surface area contributed by atoms with Crippen molar-refractivity contribution in [2.24, 2.45) is 17.3 Å². The summed E-state index contributed by atoms with van der Waals surface area (Å²) < 4.78 is 34.3. The molecule has 0 bridgehead atoms. The summed E-state index contributed by atoms with van der Waals surface area (Å²) in [5.41, 5.74) is 3.34. The highest BCUT2D eigenvalue weighted by Gasteiger charge is 3.01. The molecule has 268 valence electrons. The van der Waals surface area contributed by atoms with Crippen molar-refractivity contribution in [2.75, 3.05) is 6.61 Å². The van der Waals surface area contributed by atoms with Crippen LogP contribution in [0, 0.1) is 17.3 Å². The number of carbonyl (C=O) groups is 2. The Bertz CT molecular complexity index is 1990. The number of unbranched alkanes of at least 4 members (excludes halogenated alkanes) is 2. The highest BCUT2D eigenvalue weighted by atomic mass is 79.9. The van der Waals surface area contributed by atoms with Crippen LogP contribution >= 0.6 is 0 Å². The van der Waals surface area contributed by atoms with E-state index in [2.05, 4.69) is 85.2 Å². The standard InChI is InChI=1S/C41H44N2O7.BrH/c1-24(2)39-34(49-39)35-41(50-35)38(3)17-14-28-29(23-46-36(28)45)30(38)21-32-40(41,48-32)37(39)47-33(44)11-5-4-8-18-43-19-15-25(16-20-43)12-13-26-22-42-31-10-7-6-9-27(26)31;/h6-7,9-10,12-13,15-16,19-20,22,24,30,32,34-35,37H,4-5,8,11,14,17-18,21,23H2,1-3H3;1H/t30-,32-,34-,35-,37+,38-,39-,40+,41+;/m0./s1. The van der Waals surface area contributed by atoms with Gasteiger partial charge in [0.2, 0.25) is 0 Å². The van der Waals surface area contributed by atoms with Crippen LogP contribution in [0.1, 0.15) is 76.8 Å². The van der Waals surface area contributed by atoms with E-state index in [1.54, 1.807) is 0 Å². The molecule has 9 atom stereocenters. The number of aromatic nitrogens is 2. The summed E-state index contributed by atoms with van der Waals surface area (Å²) in [6, 6.07) is 12.6. The summed E-state index contributed by atoms with van der Waals surface area (Å²) in [6.45, 7) is 7.88. The number of aromatic amines is 1. The number of aryl methyl sites for hydroxylation is 1. The summed E-state index contributed by atoms with van der Waals surface area (Å²) in [5, 5.41) is 1.22. The number of pyridine rings is 1. The predicted molar refractivity (Wildman–Crippen MR) is 183 cm³/mol. The molecule has 51 heavy (non-hydrogen) atoms. The average molecular weight is 758 g/mol. The number of para-hydroxylation sites is 1. The number of rotatable bonds is 10. The van der Waals surface area contributed by atoms with Crippen molar-refractivity contribution in [3.8, 4) is 0 Å². The summed E-state index contributed by atoms with van der Waals surface area (Å²) in [7, 11) is 0. The van der Waals surface area contributed by atoms with Gasteiger partial charge in [-0.1, -0.05) is 51.1 Å². The number of nitrogens with one attached hydrogen (secondary N) is 1. The molecule has 5 fully saturated rings. The molecule has 2 aromatic heterocycles. The van der Waals surface area contributed by atoms with E-state index in [4.69, 9.17) is 23.7 Å². The molecule has 0 radical (unpaired) electrons. The zero-order valence-corrected chi connectivity index (χ0v) is 30.9. The number of esters is 2. The normalized spacial score (nSPS) is 37.8. The number of carbonyl (C=O) groups excluding carboxylic acids is 2. The van der Waals surface area contributed by atoms with Crippen molar-refractivity contribution in [3.63, 3.8) is 0 Å². The van der Waals surface area contributed by atoms with Crippen LogP contribution in [0.5, 0.6) is 0 Å². The molecular weight excluding hydrogens is 712 g/mol. The molecule has 1 aromatic carbocycles. The number of hydrogen-bond donors (Lipinski definition) is 1. The van der Waals surface area contributed by atoms with Gasteiger partial charge in [0.15, 0.2) is 24.1 Å². The van der Waals surface area contributed by atoms with Gasteiger partial charge >= 0.3 is 11.9 Å². The van der Waals surface area contributed by atoms with E-state index >= 15 is 0 Å². The number of epoxide rings is 3. The predicted octanol–water partition coefficient (Wildman–Crippen LogP) is 2.86. The molecule has 10 rings (SSSR count). The van der Waals surface area contributed by atoms with Gasteiger partial charge in [0.25, 0.3) is 0 Å². The van der Waals surface area contributed by atoms with E-state index in [0.717, 1.165) is 60.9 Å². The monoisotopic (exact) mass is 756 g/mol. The van der Waals surface area contributed by atoms with Gasteiger partial charge in [-0.05, 0) is 66.7 Å². The molecule has 0 unspecified atom stereocenters. The van der Waals surface area contributed by atoms with Crippen LogP contribution in [0.2, 0.25) is 0 Å². The van der Waals surface area contributed by atoms with Crippen molar-refractivity contribution in [2.45, 2.75) is 113 Å². The number of benzene rings is 1. The summed E-state index contributed by atoms with van der Waals surface area (Å²) >= 11 is 0. The third-order valence-corrected chi connectivity index (χ3v) is 13.6. The third kappa shape index (κ3) is 4.52. The second-order valence-corrected chi connectivity index (χ2v) is 16.2. The minimum absolute atomic E-state index is 0. The van der Waals surface area contributed by atoms with Crippen LogP contribution < -0.4 is 21.5 Å². The fourth-order valence-electron chi connectivity index (χ4n) is 10.9. The molecule has 1 N–H and O–H groups in total. The molecule has 2 saturated carbocycles. The molecule has 10 heteroatoms. The molecule has 4 aliphatic heterocycles. The molecule has 7 aliphatic rings. The van der Waals surface area contributed by atoms with Crippen molar-refractivity contribution in [3.05, 3.63) is 77.3 Å². The van der Waals surface area contributed by atoms with E-state index in [-0.39, 0.29) is 64.5 Å². The average Bonchev–Trinajstić information content (AvgIpc) is 4.05. The first-order chi connectivity index (χ1) is 24.2. The third-order valence-electron chi connectivity index (χ3n) is 13.6. The van der Waals surface area contributed by atoms with Crippen LogP contribution in [-0.4, -0.2) is 64.7 Å². The Morgan fingerprint density at radius 3 is 2.71 bits per heavy atom. The van der Waals surface area contributed by atoms with E-state index < -0.39 is 22.9 Å². The topological polar surface area (TPSA) is 110 Å². The minimum atomic E-state index is -0.704. The Balaban J connectivity index is 0.00000348. The summed E-state index contributed by atoms with van der Waals surface area (Å²) in [5.74, 6) is -0.0490. The first-order valence-electron chi connectivity index (χ1n) is 18.6. The fraction of sp³-hybridized carbons (Fsp3) is 0.537. The van der Waals surface area contributed by atoms with Gasteiger partial charge in [-0.3, -0.25) is 4.79 Å². The van der Waals surface area contributed by atoms with E-state index in [1.165, 1.54) is 10.9 Å². The van der Waals surface area contributed by atoms with Gasteiger partial charge in [0.1, 0.15) is 36.6 Å². The zero-order valence-electron chi connectivity index (χ0n) is 29.4. The summed E-state index contributed by atoms with van der Waals surface area (Å²) in [6.07, 6.45) is 15.1. The number of fused-ring (bicyclic) bond motifs is 5. The lowest BCUT2D eigenvalue weighted by Gasteiger charge is -2.53. The van der Waals surface area contributed by atoms with Crippen LogP contribution in [-0.2, 0) is 39.8 Å². The van der Waals surface area contributed by atoms with Crippen molar-refractivity contribution >= 4 is 35.0 Å². The highest BCUT2D eigenvalue weighted by molar-refractivity contribution is 5.92. The highest BCUT2D eigenvalue weighted by Crippen LogP contribution is 2.83. The molecule has 2 spiro atoms. The van der Waals surface area contributed by atoms with Gasteiger partial charge in [-0.2, -0.15) is 0 Å². The molecule has 3 aliphatic carbocycles. The number of ether oxygens (including phenoxy) is 5. The first-order valence-corrected chi connectivity index (χ1v) is 18.6. The van der Waals surface area contributed by atoms with Gasteiger partial charge < -0.3 is 45.6 Å². The molecule has 9 nitrogen and oxygen atoms in total. The Morgan fingerprint density at radius 2 is 1.88 bits per heavy atom. The minimum Gasteiger partial charge on any atom is -1.00 e. The molecule has 3 saturated heterocycles. The number of halogens is 1. The Labute approximate surface area is 308 Å². The lowest BCUT2D eigenvalue weighted by atomic mass is 9.46. The Hall–Kier alpha value is -3.31. The van der Waals surface area contributed by atoms with Gasteiger partial charge in [0, 0.05) is 53.1 Å². The van der Waals surface area contributed by atoms with E-state index in [0.29, 0.717) is 19.4 Å². The zero-order chi connectivity index (χ0) is 34.0. The van der Waals surface area contributed by atoms with Crippen LogP contribution in [0.4, 0.5) is 0 Å². The first kappa shape index (κ1) is 33.5. The van der Waals surface area contributed by atoms with Crippen molar-refractivity contribution < 1.29 is 54.8 Å². The maximum atomic E-state index is 13.6. The van der Waals surface area contributed by atoms with Gasteiger partial charge in [0.05, 0.1) is 6.10 Å². The lowest BCUT2D eigenvalue weighted by Crippen LogP contribution is -3.00. The molecule has 3 aromatic rings. The Morgan fingerprint density at radius 1 is 1.06 bits per heavy atom. The van der Waals surface area contributed by atoms with Crippen molar-refractivity contribution in [1.82, 2.24) is 4.98 Å². The maximum Gasteiger partial charge on any atom is 0.334 e. The fourth-order valence-corrected chi connectivity index (χ4v) is 10.9. The number of cyclic esters (lactones) is 1. The molecule has 6 heterocycles. The largest absolute Gasteiger partial charge is 1.00 e. The maximum absolute atomic E-state index is 13.6. The van der Waals surface area contributed by atoms with Crippen molar-refractivity contribution in [1.29, 1.82) is 0 Å². The lowest BCUT2D eigenvalue weighted by molar-refractivity contribution is -0.697. The second-order valence-electron chi connectivity index (χ2n) is 16.2. The number of hydrogen-bond acceptors (Lipinski definition) is 7. The van der Waals surface area contributed by atoms with Crippen LogP contribution in [0.3, 0.4) is 0 Å². The second kappa shape index (κ2) is 11.6. The number of nitrogens with zero attached hydrogens (tertiary/aromatic N) is 1. The molecular formula is C41H45BrN2O7. The number of H-pyrrole nitrogens is 1. The quantitative estimate of drug-likeness (QED) is 0.147. The summed E-state index contributed by atoms with van der Waals surface area (Å²) in [4.78, 5) is 29.4. The van der Waals surface area contributed by atoms with E-state index in [1.807, 2.05) is 12.3 Å². The van der Waals surface area contributed by atoms with Gasteiger partial charge in [-0.25, -0.2) is 9.36 Å².